The van der Waals surface area contributed by atoms with Crippen molar-refractivity contribution in [3.63, 3.8) is 0 Å². The molecule has 2 aromatic rings. The number of fused-ring (bicyclic) bond motifs is 1. The van der Waals surface area contributed by atoms with Crippen molar-refractivity contribution in [3.8, 4) is 0 Å². The normalized spacial score (nSPS) is 10.7. The Hall–Kier alpha value is -0.990. The summed E-state index contributed by atoms with van der Waals surface area (Å²) in [7, 11) is 1.93. The van der Waals surface area contributed by atoms with E-state index in [-0.39, 0.29) is 0 Å². The number of rotatable bonds is 2. The van der Waals surface area contributed by atoms with Crippen molar-refractivity contribution in [2.45, 2.75) is 11.8 Å². The standard InChI is InChI=1S/C12H13NS/c1-9-3-4-11-8-12(14-13-2)6-5-10(11)7-9/h3-8,13H,1-2H3. The highest BCUT2D eigenvalue weighted by atomic mass is 32.2. The summed E-state index contributed by atoms with van der Waals surface area (Å²) in [6.45, 7) is 2.12. The molecule has 0 amide bonds. The molecule has 72 valence electrons. The third kappa shape index (κ3) is 1.91. The van der Waals surface area contributed by atoms with Crippen molar-refractivity contribution in [3.05, 3.63) is 42.0 Å². The molecule has 1 nitrogen and oxygen atoms in total. The molecule has 0 atom stereocenters. The van der Waals surface area contributed by atoms with Crippen molar-refractivity contribution in [1.29, 1.82) is 0 Å². The van der Waals surface area contributed by atoms with Gasteiger partial charge in [0, 0.05) is 4.90 Å². The van der Waals surface area contributed by atoms with Crippen LogP contribution in [-0.4, -0.2) is 7.05 Å². The fourth-order valence-corrected chi connectivity index (χ4v) is 2.08. The smallest absolute Gasteiger partial charge is 0.0234 e. The zero-order chi connectivity index (χ0) is 9.97. The third-order valence-electron chi connectivity index (χ3n) is 2.19. The molecule has 2 rings (SSSR count). The van der Waals surface area contributed by atoms with E-state index < -0.39 is 0 Å². The molecule has 0 fully saturated rings. The highest BCUT2D eigenvalue weighted by Crippen LogP contribution is 2.22. The topological polar surface area (TPSA) is 12.0 Å². The van der Waals surface area contributed by atoms with Crippen LogP contribution in [0.5, 0.6) is 0 Å². The Balaban J connectivity index is 2.50. The van der Waals surface area contributed by atoms with Gasteiger partial charge < -0.3 is 0 Å². The lowest BCUT2D eigenvalue weighted by molar-refractivity contribution is 1.28. The van der Waals surface area contributed by atoms with E-state index >= 15 is 0 Å². The van der Waals surface area contributed by atoms with E-state index in [1.165, 1.54) is 21.2 Å². The summed E-state index contributed by atoms with van der Waals surface area (Å²) in [5, 5.41) is 2.61. The number of aryl methyl sites for hydroxylation is 1. The van der Waals surface area contributed by atoms with Crippen LogP contribution in [0.3, 0.4) is 0 Å². The van der Waals surface area contributed by atoms with Gasteiger partial charge in [-0.05, 0) is 48.8 Å². The first kappa shape index (κ1) is 9.56. The molecule has 0 radical (unpaired) electrons. The quantitative estimate of drug-likeness (QED) is 0.751. The molecule has 0 bridgehead atoms. The Bertz CT molecular complexity index is 451. The Labute approximate surface area is 88.7 Å². The van der Waals surface area contributed by atoms with Gasteiger partial charge in [-0.25, -0.2) is 0 Å². The monoisotopic (exact) mass is 203 g/mol. The van der Waals surface area contributed by atoms with E-state index in [4.69, 9.17) is 0 Å². The maximum atomic E-state index is 3.08. The van der Waals surface area contributed by atoms with E-state index in [0.29, 0.717) is 0 Å². The van der Waals surface area contributed by atoms with Gasteiger partial charge in [-0.3, -0.25) is 4.72 Å². The number of benzene rings is 2. The predicted octanol–water partition coefficient (Wildman–Crippen LogP) is 3.37. The Morgan fingerprint density at radius 2 is 1.71 bits per heavy atom. The van der Waals surface area contributed by atoms with Gasteiger partial charge in [-0.2, -0.15) is 0 Å². The van der Waals surface area contributed by atoms with E-state index in [0.717, 1.165) is 0 Å². The molecule has 0 saturated heterocycles. The first-order valence-electron chi connectivity index (χ1n) is 4.63. The Kier molecular flexibility index (Phi) is 2.75. The van der Waals surface area contributed by atoms with E-state index in [9.17, 15) is 0 Å². The molecule has 1 N–H and O–H groups in total. The van der Waals surface area contributed by atoms with Crippen molar-refractivity contribution in [2.24, 2.45) is 0 Å². The minimum absolute atomic E-state index is 1.25. The second kappa shape index (κ2) is 4.03. The maximum absolute atomic E-state index is 3.08. The zero-order valence-electron chi connectivity index (χ0n) is 8.37. The van der Waals surface area contributed by atoms with Crippen LogP contribution in [0.2, 0.25) is 0 Å². The number of hydrogen-bond donors (Lipinski definition) is 1. The summed E-state index contributed by atoms with van der Waals surface area (Å²) in [6.07, 6.45) is 0. The summed E-state index contributed by atoms with van der Waals surface area (Å²) < 4.78 is 3.08. The summed E-state index contributed by atoms with van der Waals surface area (Å²) in [5.41, 5.74) is 1.31. The minimum atomic E-state index is 1.25. The molecule has 2 heteroatoms. The van der Waals surface area contributed by atoms with Crippen molar-refractivity contribution >= 4 is 22.7 Å². The number of nitrogens with one attached hydrogen (secondary N) is 1. The summed E-state index contributed by atoms with van der Waals surface area (Å²) in [6, 6.07) is 13.0. The first-order chi connectivity index (χ1) is 6.79. The molecule has 0 saturated carbocycles. The van der Waals surface area contributed by atoms with Gasteiger partial charge in [0.15, 0.2) is 0 Å². The fraction of sp³-hybridized carbons (Fsp3) is 0.167. The average Bonchev–Trinajstić information content (AvgIpc) is 2.19. The molecule has 2 aromatic carbocycles. The second-order valence-electron chi connectivity index (χ2n) is 3.32. The van der Waals surface area contributed by atoms with Crippen LogP contribution < -0.4 is 4.72 Å². The molecule has 0 spiro atoms. The van der Waals surface area contributed by atoms with Gasteiger partial charge in [0.05, 0.1) is 0 Å². The lowest BCUT2D eigenvalue weighted by Gasteiger charge is -2.02. The van der Waals surface area contributed by atoms with E-state index in [1.807, 2.05) is 7.05 Å². The second-order valence-corrected chi connectivity index (χ2v) is 4.40. The molecule has 0 unspecified atom stereocenters. The van der Waals surface area contributed by atoms with E-state index in [1.54, 1.807) is 11.9 Å². The summed E-state index contributed by atoms with van der Waals surface area (Å²) in [5.74, 6) is 0. The van der Waals surface area contributed by atoms with Crippen LogP contribution in [0.15, 0.2) is 41.3 Å². The van der Waals surface area contributed by atoms with Crippen molar-refractivity contribution < 1.29 is 0 Å². The first-order valence-corrected chi connectivity index (χ1v) is 5.45. The van der Waals surface area contributed by atoms with Crippen LogP contribution in [0.1, 0.15) is 5.56 Å². The van der Waals surface area contributed by atoms with Gasteiger partial charge in [-0.1, -0.05) is 29.8 Å². The third-order valence-corrected chi connectivity index (χ3v) is 2.88. The Morgan fingerprint density at radius 3 is 2.50 bits per heavy atom. The predicted molar refractivity (Wildman–Crippen MR) is 63.6 cm³/mol. The highest BCUT2D eigenvalue weighted by molar-refractivity contribution is 7.97. The zero-order valence-corrected chi connectivity index (χ0v) is 9.19. The van der Waals surface area contributed by atoms with E-state index in [2.05, 4.69) is 48.0 Å². The molecule has 0 heterocycles. The van der Waals surface area contributed by atoms with Crippen LogP contribution >= 0.6 is 11.9 Å². The van der Waals surface area contributed by atoms with Crippen molar-refractivity contribution in [2.75, 3.05) is 7.05 Å². The summed E-state index contributed by atoms with van der Waals surface area (Å²) >= 11 is 1.64. The van der Waals surface area contributed by atoms with Crippen molar-refractivity contribution in [1.82, 2.24) is 4.72 Å². The lowest BCUT2D eigenvalue weighted by atomic mass is 10.1. The Morgan fingerprint density at radius 1 is 1.00 bits per heavy atom. The highest BCUT2D eigenvalue weighted by Gasteiger charge is 1.96. The van der Waals surface area contributed by atoms with Crippen LogP contribution in [0.25, 0.3) is 10.8 Å². The summed E-state index contributed by atoms with van der Waals surface area (Å²) in [4.78, 5) is 1.25. The largest absolute Gasteiger partial charge is 0.263 e. The lowest BCUT2D eigenvalue weighted by Crippen LogP contribution is -1.90. The van der Waals surface area contributed by atoms with Crippen LogP contribution in [-0.2, 0) is 0 Å². The van der Waals surface area contributed by atoms with Gasteiger partial charge >= 0.3 is 0 Å². The van der Waals surface area contributed by atoms with Gasteiger partial charge in [-0.15, -0.1) is 0 Å². The molecule has 14 heavy (non-hydrogen) atoms. The minimum Gasteiger partial charge on any atom is -0.263 e. The van der Waals surface area contributed by atoms with Gasteiger partial charge in [0.25, 0.3) is 0 Å². The van der Waals surface area contributed by atoms with Gasteiger partial charge in [0.2, 0.25) is 0 Å². The van der Waals surface area contributed by atoms with Crippen LogP contribution in [0, 0.1) is 6.92 Å². The molecule has 0 aromatic heterocycles. The molecule has 0 aliphatic rings. The van der Waals surface area contributed by atoms with Gasteiger partial charge in [0.1, 0.15) is 0 Å². The maximum Gasteiger partial charge on any atom is 0.0234 e. The number of hydrogen-bond acceptors (Lipinski definition) is 2. The molecular formula is C12H13NS. The molecule has 0 aliphatic carbocycles. The fourth-order valence-electron chi connectivity index (χ4n) is 1.52. The average molecular weight is 203 g/mol. The SMILES string of the molecule is CNSc1ccc2cc(C)ccc2c1. The molecule has 0 aliphatic heterocycles. The molecular weight excluding hydrogens is 190 g/mol. The van der Waals surface area contributed by atoms with Crippen LogP contribution in [0.4, 0.5) is 0 Å².